The van der Waals surface area contributed by atoms with Crippen LogP contribution in [0.4, 0.5) is 4.39 Å². The third-order valence-corrected chi connectivity index (χ3v) is 5.22. The fraction of sp³-hybridized carbons (Fsp3) is 0.533. The van der Waals surface area contributed by atoms with E-state index in [0.717, 1.165) is 21.2 Å². The summed E-state index contributed by atoms with van der Waals surface area (Å²) >= 11 is 5.24. The largest absolute Gasteiger partial charge is 0.354 e. The molecule has 0 bridgehead atoms. The zero-order valence-electron chi connectivity index (χ0n) is 12.7. The van der Waals surface area contributed by atoms with Crippen LogP contribution in [0, 0.1) is 5.82 Å². The molecule has 1 saturated carbocycles. The van der Waals surface area contributed by atoms with Gasteiger partial charge in [0.25, 0.3) is 0 Å². The van der Waals surface area contributed by atoms with Gasteiger partial charge in [0, 0.05) is 29.4 Å². The quantitative estimate of drug-likeness (QED) is 0.369. The Kier molecular flexibility index (Phi) is 9.08. The summed E-state index contributed by atoms with van der Waals surface area (Å²) in [4.78, 5) is 4.24. The molecule has 0 aromatic heterocycles. The summed E-state index contributed by atoms with van der Waals surface area (Å²) in [6.07, 6.45) is 5.78. The second-order valence-electron chi connectivity index (χ2n) is 5.22. The molecule has 2 unspecified atom stereocenters. The normalized spacial score (nSPS) is 21.4. The standard InChI is InChI=1S/C15H21BrFN3S.HI/c1-18-15(20-13-3-4-14(8-13)21-2)19-9-10-5-11(16)7-12(17)6-10;/h5-7,13-14H,3-4,8-9H2,1-2H3,(H2,18,19,20);1H. The highest BCUT2D eigenvalue weighted by atomic mass is 127. The molecule has 0 amide bonds. The lowest BCUT2D eigenvalue weighted by Gasteiger charge is -2.17. The van der Waals surface area contributed by atoms with Gasteiger partial charge in [-0.05, 0) is 49.3 Å². The van der Waals surface area contributed by atoms with Crippen molar-refractivity contribution in [3.8, 4) is 0 Å². The van der Waals surface area contributed by atoms with E-state index < -0.39 is 0 Å². The Morgan fingerprint density at radius 2 is 2.18 bits per heavy atom. The molecular formula is C15H22BrFIN3S. The Labute approximate surface area is 161 Å². The van der Waals surface area contributed by atoms with Gasteiger partial charge in [0.05, 0.1) is 0 Å². The van der Waals surface area contributed by atoms with Gasteiger partial charge in [0.2, 0.25) is 0 Å². The van der Waals surface area contributed by atoms with Gasteiger partial charge in [-0.1, -0.05) is 15.9 Å². The van der Waals surface area contributed by atoms with Gasteiger partial charge in [-0.2, -0.15) is 11.8 Å². The molecule has 1 aromatic rings. The van der Waals surface area contributed by atoms with E-state index in [-0.39, 0.29) is 29.8 Å². The SMILES string of the molecule is CN=C(NCc1cc(F)cc(Br)c1)NC1CCC(SC)C1.I. The van der Waals surface area contributed by atoms with Gasteiger partial charge in [-0.3, -0.25) is 4.99 Å². The van der Waals surface area contributed by atoms with Gasteiger partial charge in [-0.25, -0.2) is 4.39 Å². The zero-order chi connectivity index (χ0) is 15.2. The maximum absolute atomic E-state index is 13.3. The number of guanidine groups is 1. The van der Waals surface area contributed by atoms with Gasteiger partial charge in [0.1, 0.15) is 5.82 Å². The highest BCUT2D eigenvalue weighted by Crippen LogP contribution is 2.28. The van der Waals surface area contributed by atoms with Crippen molar-refractivity contribution in [2.45, 2.75) is 37.1 Å². The molecule has 0 saturated heterocycles. The molecule has 0 radical (unpaired) electrons. The fourth-order valence-electron chi connectivity index (χ4n) is 2.57. The van der Waals surface area contributed by atoms with Gasteiger partial charge in [-0.15, -0.1) is 24.0 Å². The summed E-state index contributed by atoms with van der Waals surface area (Å²) in [6, 6.07) is 5.37. The van der Waals surface area contributed by atoms with Crippen LogP contribution in [0.3, 0.4) is 0 Å². The molecule has 0 heterocycles. The number of nitrogens with one attached hydrogen (secondary N) is 2. The highest BCUT2D eigenvalue weighted by Gasteiger charge is 2.24. The van der Waals surface area contributed by atoms with E-state index in [4.69, 9.17) is 0 Å². The van der Waals surface area contributed by atoms with Crippen LogP contribution in [-0.4, -0.2) is 30.6 Å². The first-order valence-corrected chi connectivity index (χ1v) is 9.13. The Morgan fingerprint density at radius 1 is 1.41 bits per heavy atom. The van der Waals surface area contributed by atoms with Crippen molar-refractivity contribution in [2.75, 3.05) is 13.3 Å². The number of hydrogen-bond donors (Lipinski definition) is 2. The lowest BCUT2D eigenvalue weighted by atomic mass is 10.2. The number of thioether (sulfide) groups is 1. The highest BCUT2D eigenvalue weighted by molar-refractivity contribution is 14.0. The molecule has 1 aliphatic carbocycles. The second-order valence-corrected chi connectivity index (χ2v) is 7.27. The molecule has 2 N–H and O–H groups in total. The first-order chi connectivity index (χ1) is 10.1. The minimum Gasteiger partial charge on any atom is -0.354 e. The van der Waals surface area contributed by atoms with Crippen LogP contribution < -0.4 is 10.6 Å². The first kappa shape index (κ1) is 20.0. The van der Waals surface area contributed by atoms with E-state index >= 15 is 0 Å². The van der Waals surface area contributed by atoms with Crippen molar-refractivity contribution in [3.63, 3.8) is 0 Å². The van der Waals surface area contributed by atoms with Crippen LogP contribution in [0.25, 0.3) is 0 Å². The van der Waals surface area contributed by atoms with Crippen LogP contribution in [0.15, 0.2) is 27.7 Å². The van der Waals surface area contributed by atoms with E-state index in [1.165, 1.54) is 31.4 Å². The summed E-state index contributed by atoms with van der Waals surface area (Å²) in [6.45, 7) is 0.550. The predicted molar refractivity (Wildman–Crippen MR) is 108 cm³/mol. The predicted octanol–water partition coefficient (Wildman–Crippen LogP) is 4.16. The average Bonchev–Trinajstić information content (AvgIpc) is 2.90. The van der Waals surface area contributed by atoms with E-state index in [2.05, 4.69) is 37.8 Å². The second kappa shape index (κ2) is 9.97. The summed E-state index contributed by atoms with van der Waals surface area (Å²) < 4.78 is 14.1. The topological polar surface area (TPSA) is 36.4 Å². The molecule has 2 atom stereocenters. The van der Waals surface area contributed by atoms with Gasteiger partial charge < -0.3 is 10.6 Å². The Hall–Kier alpha value is -0.0200. The number of halogens is 3. The van der Waals surface area contributed by atoms with Crippen molar-refractivity contribution in [1.29, 1.82) is 0 Å². The fourth-order valence-corrected chi connectivity index (χ4v) is 3.88. The minimum absolute atomic E-state index is 0. The molecule has 124 valence electrons. The smallest absolute Gasteiger partial charge is 0.191 e. The summed E-state index contributed by atoms with van der Waals surface area (Å²) in [5.74, 6) is 0.546. The number of nitrogens with zero attached hydrogens (tertiary/aromatic N) is 1. The minimum atomic E-state index is -0.234. The third-order valence-electron chi connectivity index (χ3n) is 3.66. The summed E-state index contributed by atoms with van der Waals surface area (Å²) in [5, 5.41) is 7.44. The van der Waals surface area contributed by atoms with E-state index in [0.29, 0.717) is 12.6 Å². The molecule has 0 spiro atoms. The monoisotopic (exact) mass is 501 g/mol. The Balaban J connectivity index is 0.00000242. The molecule has 1 aliphatic rings. The van der Waals surface area contributed by atoms with Gasteiger partial charge >= 0.3 is 0 Å². The summed E-state index contributed by atoms with van der Waals surface area (Å²) in [7, 11) is 1.76. The molecule has 0 aliphatic heterocycles. The number of rotatable bonds is 4. The maximum atomic E-state index is 13.3. The Bertz CT molecular complexity index is 495. The van der Waals surface area contributed by atoms with Crippen LogP contribution in [0.2, 0.25) is 0 Å². The lowest BCUT2D eigenvalue weighted by Crippen LogP contribution is -2.42. The molecule has 2 rings (SSSR count). The van der Waals surface area contributed by atoms with Crippen LogP contribution in [0.5, 0.6) is 0 Å². The molecular weight excluding hydrogens is 480 g/mol. The van der Waals surface area contributed by atoms with Crippen LogP contribution >= 0.6 is 51.7 Å². The van der Waals surface area contributed by atoms with Crippen molar-refractivity contribution < 1.29 is 4.39 Å². The van der Waals surface area contributed by atoms with E-state index in [1.807, 2.05) is 17.8 Å². The summed E-state index contributed by atoms with van der Waals surface area (Å²) in [5.41, 5.74) is 0.887. The molecule has 22 heavy (non-hydrogen) atoms. The van der Waals surface area contributed by atoms with Crippen LogP contribution in [-0.2, 0) is 6.54 Å². The average molecular weight is 502 g/mol. The van der Waals surface area contributed by atoms with Crippen molar-refractivity contribution >= 4 is 57.6 Å². The maximum Gasteiger partial charge on any atom is 0.191 e. The third kappa shape index (κ3) is 6.23. The van der Waals surface area contributed by atoms with Crippen molar-refractivity contribution in [1.82, 2.24) is 10.6 Å². The molecule has 3 nitrogen and oxygen atoms in total. The van der Waals surface area contributed by atoms with Crippen LogP contribution in [0.1, 0.15) is 24.8 Å². The molecule has 1 fully saturated rings. The van der Waals surface area contributed by atoms with Gasteiger partial charge in [0.15, 0.2) is 5.96 Å². The number of benzene rings is 1. The number of aliphatic imine (C=N–C) groups is 1. The first-order valence-electron chi connectivity index (χ1n) is 7.05. The molecule has 7 heteroatoms. The number of hydrogen-bond acceptors (Lipinski definition) is 2. The Morgan fingerprint density at radius 3 is 2.77 bits per heavy atom. The van der Waals surface area contributed by atoms with E-state index in [1.54, 1.807) is 7.05 Å². The zero-order valence-corrected chi connectivity index (χ0v) is 17.5. The van der Waals surface area contributed by atoms with E-state index in [9.17, 15) is 4.39 Å². The molecule has 1 aromatic carbocycles. The lowest BCUT2D eigenvalue weighted by molar-refractivity contribution is 0.611. The van der Waals surface area contributed by atoms with Crippen molar-refractivity contribution in [2.24, 2.45) is 4.99 Å². The van der Waals surface area contributed by atoms with Crippen molar-refractivity contribution in [3.05, 3.63) is 34.1 Å².